The molecule has 0 fully saturated rings. The van der Waals surface area contributed by atoms with Crippen molar-refractivity contribution in [3.63, 3.8) is 0 Å². The summed E-state index contributed by atoms with van der Waals surface area (Å²) >= 11 is 9.43. The standard InChI is InChI=1S/C19H17BrClN3O/c20-15-7-8-17(21)16(13-15)19(25)23-9-4-11-24-12-10-22-18(24)14-5-2-1-3-6-14/h1-3,5-8,10,12-13H,4,9,11H2,(H,23,25). The third-order valence-electron chi connectivity index (χ3n) is 3.78. The molecule has 6 heteroatoms. The zero-order chi connectivity index (χ0) is 17.6. The van der Waals surface area contributed by atoms with Crippen LogP contribution in [0, 0.1) is 0 Å². The van der Waals surface area contributed by atoms with E-state index in [4.69, 9.17) is 11.6 Å². The minimum absolute atomic E-state index is 0.166. The van der Waals surface area contributed by atoms with Crippen LogP contribution in [0.1, 0.15) is 16.8 Å². The van der Waals surface area contributed by atoms with Crippen LogP contribution in [-0.4, -0.2) is 22.0 Å². The summed E-state index contributed by atoms with van der Waals surface area (Å²) in [6, 6.07) is 15.3. The number of carbonyl (C=O) groups excluding carboxylic acids is 1. The van der Waals surface area contributed by atoms with Crippen LogP contribution in [0.15, 0.2) is 65.4 Å². The maximum atomic E-state index is 12.2. The van der Waals surface area contributed by atoms with Crippen LogP contribution in [0.5, 0.6) is 0 Å². The third-order valence-corrected chi connectivity index (χ3v) is 4.60. The second kappa shape index (κ2) is 8.32. The summed E-state index contributed by atoms with van der Waals surface area (Å²) in [5.41, 5.74) is 1.56. The first-order valence-electron chi connectivity index (χ1n) is 7.95. The molecule has 0 spiro atoms. The normalized spacial score (nSPS) is 10.6. The smallest absolute Gasteiger partial charge is 0.252 e. The first kappa shape index (κ1) is 17.7. The summed E-state index contributed by atoms with van der Waals surface area (Å²) in [6.07, 6.45) is 4.55. The van der Waals surface area contributed by atoms with E-state index >= 15 is 0 Å². The van der Waals surface area contributed by atoms with Crippen LogP contribution in [0.3, 0.4) is 0 Å². The van der Waals surface area contributed by atoms with E-state index in [0.717, 1.165) is 28.8 Å². The number of amides is 1. The summed E-state index contributed by atoms with van der Waals surface area (Å²) in [7, 11) is 0. The molecular weight excluding hydrogens is 402 g/mol. The molecular formula is C19H17BrClN3O. The number of nitrogens with zero attached hydrogens (tertiary/aromatic N) is 2. The molecule has 0 bridgehead atoms. The molecule has 1 N–H and O–H groups in total. The van der Waals surface area contributed by atoms with Gasteiger partial charge in [0.25, 0.3) is 5.91 Å². The van der Waals surface area contributed by atoms with E-state index in [0.29, 0.717) is 17.1 Å². The molecule has 25 heavy (non-hydrogen) atoms. The Balaban J connectivity index is 1.55. The summed E-state index contributed by atoms with van der Waals surface area (Å²) in [6.45, 7) is 1.34. The number of rotatable bonds is 6. The maximum absolute atomic E-state index is 12.2. The molecule has 0 atom stereocenters. The van der Waals surface area contributed by atoms with Gasteiger partial charge < -0.3 is 9.88 Å². The lowest BCUT2D eigenvalue weighted by Gasteiger charge is -2.10. The van der Waals surface area contributed by atoms with Crippen LogP contribution in [0.25, 0.3) is 11.4 Å². The van der Waals surface area contributed by atoms with Crippen molar-refractivity contribution in [2.45, 2.75) is 13.0 Å². The van der Waals surface area contributed by atoms with Gasteiger partial charge in [0.05, 0.1) is 10.6 Å². The van der Waals surface area contributed by atoms with Crippen LogP contribution in [-0.2, 0) is 6.54 Å². The van der Waals surface area contributed by atoms with Crippen molar-refractivity contribution in [3.05, 3.63) is 76.0 Å². The molecule has 1 aromatic heterocycles. The van der Waals surface area contributed by atoms with E-state index in [9.17, 15) is 4.79 Å². The molecule has 0 aliphatic rings. The maximum Gasteiger partial charge on any atom is 0.252 e. The van der Waals surface area contributed by atoms with Gasteiger partial charge in [0.15, 0.2) is 0 Å². The highest BCUT2D eigenvalue weighted by molar-refractivity contribution is 9.10. The fraction of sp³-hybridized carbons (Fsp3) is 0.158. The van der Waals surface area contributed by atoms with Crippen molar-refractivity contribution in [1.29, 1.82) is 0 Å². The van der Waals surface area contributed by atoms with Crippen LogP contribution in [0.4, 0.5) is 0 Å². The number of carbonyl (C=O) groups is 1. The Morgan fingerprint density at radius 1 is 1.20 bits per heavy atom. The van der Waals surface area contributed by atoms with Gasteiger partial charge in [-0.15, -0.1) is 0 Å². The molecule has 3 aromatic rings. The molecule has 0 radical (unpaired) electrons. The van der Waals surface area contributed by atoms with Crippen LogP contribution in [0.2, 0.25) is 5.02 Å². The zero-order valence-electron chi connectivity index (χ0n) is 13.5. The van der Waals surface area contributed by atoms with Gasteiger partial charge in [-0.2, -0.15) is 0 Å². The van der Waals surface area contributed by atoms with E-state index in [1.807, 2.05) is 42.6 Å². The molecule has 1 heterocycles. The molecule has 128 valence electrons. The monoisotopic (exact) mass is 417 g/mol. The topological polar surface area (TPSA) is 46.9 Å². The molecule has 3 rings (SSSR count). The number of benzene rings is 2. The molecule has 2 aromatic carbocycles. The minimum Gasteiger partial charge on any atom is -0.352 e. The Labute approximate surface area is 160 Å². The van der Waals surface area contributed by atoms with Gasteiger partial charge in [-0.3, -0.25) is 4.79 Å². The number of imidazole rings is 1. The fourth-order valence-corrected chi connectivity index (χ4v) is 3.12. The number of hydrogen-bond acceptors (Lipinski definition) is 2. The SMILES string of the molecule is O=C(NCCCn1ccnc1-c1ccccc1)c1cc(Br)ccc1Cl. The lowest BCUT2D eigenvalue weighted by molar-refractivity contribution is 0.0953. The first-order chi connectivity index (χ1) is 12.1. The van der Waals surface area contributed by atoms with Gasteiger partial charge in [0, 0.05) is 35.5 Å². The van der Waals surface area contributed by atoms with Crippen molar-refractivity contribution < 1.29 is 4.79 Å². The third kappa shape index (κ3) is 4.50. The van der Waals surface area contributed by atoms with E-state index in [1.54, 1.807) is 18.3 Å². The molecule has 0 unspecified atom stereocenters. The van der Waals surface area contributed by atoms with Crippen molar-refractivity contribution in [2.75, 3.05) is 6.54 Å². The second-order valence-electron chi connectivity index (χ2n) is 5.54. The number of aryl methyl sites for hydroxylation is 1. The van der Waals surface area contributed by atoms with Gasteiger partial charge >= 0.3 is 0 Å². The quantitative estimate of drug-likeness (QED) is 0.585. The predicted molar refractivity (Wildman–Crippen MR) is 104 cm³/mol. The Morgan fingerprint density at radius 3 is 2.80 bits per heavy atom. The van der Waals surface area contributed by atoms with Gasteiger partial charge in [0.2, 0.25) is 0 Å². The molecule has 4 nitrogen and oxygen atoms in total. The van der Waals surface area contributed by atoms with Crippen molar-refractivity contribution in [2.24, 2.45) is 0 Å². The Bertz CT molecular complexity index is 864. The number of nitrogens with one attached hydrogen (secondary N) is 1. The molecule has 0 aliphatic carbocycles. The summed E-state index contributed by atoms with van der Waals surface area (Å²) in [4.78, 5) is 16.7. The summed E-state index contributed by atoms with van der Waals surface area (Å²) < 4.78 is 2.92. The lowest BCUT2D eigenvalue weighted by Crippen LogP contribution is -2.25. The van der Waals surface area contributed by atoms with E-state index in [2.05, 4.69) is 30.8 Å². The van der Waals surface area contributed by atoms with Gasteiger partial charge in [-0.25, -0.2) is 4.98 Å². The largest absolute Gasteiger partial charge is 0.352 e. The Kier molecular flexibility index (Phi) is 5.89. The van der Waals surface area contributed by atoms with Gasteiger partial charge in [0.1, 0.15) is 5.82 Å². The highest BCUT2D eigenvalue weighted by atomic mass is 79.9. The number of aromatic nitrogens is 2. The fourth-order valence-electron chi connectivity index (χ4n) is 2.56. The van der Waals surface area contributed by atoms with Crippen molar-refractivity contribution >= 4 is 33.4 Å². The highest BCUT2D eigenvalue weighted by Crippen LogP contribution is 2.21. The number of hydrogen-bond donors (Lipinski definition) is 1. The van der Waals surface area contributed by atoms with Crippen molar-refractivity contribution in [3.8, 4) is 11.4 Å². The molecule has 1 amide bonds. The molecule has 0 saturated heterocycles. The Hall–Kier alpha value is -2.11. The second-order valence-corrected chi connectivity index (χ2v) is 6.87. The van der Waals surface area contributed by atoms with Gasteiger partial charge in [-0.05, 0) is 24.6 Å². The minimum atomic E-state index is -0.166. The lowest BCUT2D eigenvalue weighted by atomic mass is 10.2. The van der Waals surface area contributed by atoms with Crippen LogP contribution < -0.4 is 5.32 Å². The Morgan fingerprint density at radius 2 is 2.00 bits per heavy atom. The van der Waals surface area contributed by atoms with E-state index in [1.165, 1.54) is 0 Å². The van der Waals surface area contributed by atoms with Crippen molar-refractivity contribution in [1.82, 2.24) is 14.9 Å². The average molecular weight is 419 g/mol. The average Bonchev–Trinajstić information content (AvgIpc) is 3.10. The number of halogens is 2. The summed E-state index contributed by atoms with van der Waals surface area (Å²) in [5, 5.41) is 3.36. The molecule has 0 aliphatic heterocycles. The summed E-state index contributed by atoms with van der Waals surface area (Å²) in [5.74, 6) is 0.766. The highest BCUT2D eigenvalue weighted by Gasteiger charge is 2.10. The van der Waals surface area contributed by atoms with E-state index < -0.39 is 0 Å². The zero-order valence-corrected chi connectivity index (χ0v) is 15.8. The van der Waals surface area contributed by atoms with E-state index in [-0.39, 0.29) is 5.91 Å². The van der Waals surface area contributed by atoms with Crippen LogP contribution >= 0.6 is 27.5 Å². The molecule has 0 saturated carbocycles. The van der Waals surface area contributed by atoms with Gasteiger partial charge in [-0.1, -0.05) is 57.9 Å². The first-order valence-corrected chi connectivity index (χ1v) is 9.12. The predicted octanol–water partition coefficient (Wildman–Crippen LogP) is 4.79.